The topological polar surface area (TPSA) is 54.0 Å². The Morgan fingerprint density at radius 3 is 2.39 bits per heavy atom. The van der Waals surface area contributed by atoms with Crippen LogP contribution in [0.1, 0.15) is 11.1 Å². The number of nitrogens with zero attached hydrogens (tertiary/aromatic N) is 3. The second-order valence-corrected chi connectivity index (χ2v) is 4.48. The lowest BCUT2D eigenvalue weighted by Crippen LogP contribution is -2.22. The first-order valence-corrected chi connectivity index (χ1v) is 5.79. The smallest absolute Gasteiger partial charge is 0.181 e. The van der Waals surface area contributed by atoms with Gasteiger partial charge in [-0.3, -0.25) is 0 Å². The van der Waals surface area contributed by atoms with Gasteiger partial charge < -0.3 is 10.7 Å². The summed E-state index contributed by atoms with van der Waals surface area (Å²) >= 11 is 0. The zero-order valence-electron chi connectivity index (χ0n) is 10.4. The first-order chi connectivity index (χ1) is 8.66. The molecule has 2 aromatic rings. The fourth-order valence-electron chi connectivity index (χ4n) is 2.24. The van der Waals surface area contributed by atoms with Gasteiger partial charge in [0.15, 0.2) is 5.84 Å². The van der Waals surface area contributed by atoms with Crippen molar-refractivity contribution in [2.24, 2.45) is 15.8 Å². The molecule has 4 heteroatoms. The molecule has 0 fully saturated rings. The van der Waals surface area contributed by atoms with Crippen molar-refractivity contribution in [1.29, 1.82) is 0 Å². The third-order valence-corrected chi connectivity index (χ3v) is 2.94. The van der Waals surface area contributed by atoms with Crippen LogP contribution in [0.2, 0.25) is 0 Å². The Hall–Kier alpha value is -2.36. The molecular weight excluding hydrogens is 224 g/mol. The normalized spacial score (nSPS) is 15.9. The van der Waals surface area contributed by atoms with Crippen LogP contribution in [-0.4, -0.2) is 30.8 Å². The third kappa shape index (κ3) is 1.54. The standard InChI is InChI=1S/C14H14N4/c1-18(2)17-14-11-8-4-6-9-5-3-7-10(12(9)11)13(15)16-14/h3-8H,1-2H3,(H2,15,16,17). The van der Waals surface area contributed by atoms with Crippen LogP contribution in [-0.2, 0) is 0 Å². The Morgan fingerprint density at radius 1 is 1.06 bits per heavy atom. The summed E-state index contributed by atoms with van der Waals surface area (Å²) in [5.74, 6) is 1.20. The van der Waals surface area contributed by atoms with Crippen LogP contribution in [0.15, 0.2) is 46.5 Å². The Labute approximate surface area is 105 Å². The van der Waals surface area contributed by atoms with Gasteiger partial charge in [0, 0.05) is 30.6 Å². The van der Waals surface area contributed by atoms with E-state index in [2.05, 4.69) is 22.2 Å². The summed E-state index contributed by atoms with van der Waals surface area (Å²) in [7, 11) is 3.75. The molecule has 0 bridgehead atoms. The van der Waals surface area contributed by atoms with Crippen molar-refractivity contribution in [3.63, 3.8) is 0 Å². The summed E-state index contributed by atoms with van der Waals surface area (Å²) in [6.45, 7) is 0. The summed E-state index contributed by atoms with van der Waals surface area (Å²) in [5.41, 5.74) is 8.04. The minimum absolute atomic E-state index is 0.528. The molecule has 1 aliphatic heterocycles. The summed E-state index contributed by atoms with van der Waals surface area (Å²) < 4.78 is 0. The van der Waals surface area contributed by atoms with Crippen LogP contribution in [0, 0.1) is 0 Å². The van der Waals surface area contributed by atoms with Gasteiger partial charge in [-0.2, -0.15) is 5.10 Å². The maximum atomic E-state index is 6.02. The maximum absolute atomic E-state index is 6.02. The lowest BCUT2D eigenvalue weighted by atomic mass is 9.96. The first-order valence-electron chi connectivity index (χ1n) is 5.79. The van der Waals surface area contributed by atoms with Crippen LogP contribution in [0.5, 0.6) is 0 Å². The van der Waals surface area contributed by atoms with Gasteiger partial charge >= 0.3 is 0 Å². The average molecular weight is 238 g/mol. The van der Waals surface area contributed by atoms with Crippen molar-refractivity contribution in [3.8, 4) is 0 Å². The van der Waals surface area contributed by atoms with Gasteiger partial charge in [-0.05, 0) is 5.39 Å². The van der Waals surface area contributed by atoms with E-state index in [1.54, 1.807) is 5.01 Å². The Balaban J connectivity index is 2.39. The monoisotopic (exact) mass is 238 g/mol. The largest absolute Gasteiger partial charge is 0.383 e. The molecule has 0 aromatic heterocycles. The zero-order chi connectivity index (χ0) is 12.7. The second kappa shape index (κ2) is 3.84. The fraction of sp³-hybridized carbons (Fsp3) is 0.143. The molecule has 0 radical (unpaired) electrons. The maximum Gasteiger partial charge on any atom is 0.181 e. The van der Waals surface area contributed by atoms with Gasteiger partial charge in [0.05, 0.1) is 0 Å². The van der Waals surface area contributed by atoms with Gasteiger partial charge in [-0.15, -0.1) is 0 Å². The molecule has 0 spiro atoms. The van der Waals surface area contributed by atoms with Crippen molar-refractivity contribution >= 4 is 22.4 Å². The predicted molar refractivity (Wildman–Crippen MR) is 74.9 cm³/mol. The highest BCUT2D eigenvalue weighted by Gasteiger charge is 2.18. The average Bonchev–Trinajstić information content (AvgIpc) is 2.34. The van der Waals surface area contributed by atoms with Crippen LogP contribution in [0.25, 0.3) is 10.8 Å². The van der Waals surface area contributed by atoms with Crippen molar-refractivity contribution in [2.45, 2.75) is 0 Å². The summed E-state index contributed by atoms with van der Waals surface area (Å²) in [4.78, 5) is 4.39. The van der Waals surface area contributed by atoms with E-state index in [0.717, 1.165) is 21.9 Å². The number of nitrogens with two attached hydrogens (primary N) is 1. The number of hydrogen-bond acceptors (Lipinski definition) is 3. The third-order valence-electron chi connectivity index (χ3n) is 2.94. The van der Waals surface area contributed by atoms with E-state index in [1.807, 2.05) is 38.4 Å². The second-order valence-electron chi connectivity index (χ2n) is 4.48. The van der Waals surface area contributed by atoms with Crippen LogP contribution >= 0.6 is 0 Å². The molecule has 0 aliphatic carbocycles. The van der Waals surface area contributed by atoms with Crippen LogP contribution in [0.3, 0.4) is 0 Å². The van der Waals surface area contributed by atoms with Crippen molar-refractivity contribution in [2.75, 3.05) is 14.1 Å². The molecule has 3 rings (SSSR count). The first kappa shape index (κ1) is 10.8. The van der Waals surface area contributed by atoms with Crippen molar-refractivity contribution in [3.05, 3.63) is 47.5 Å². The highest BCUT2D eigenvalue weighted by molar-refractivity contribution is 6.25. The molecule has 1 heterocycles. The molecule has 0 saturated heterocycles. The molecule has 0 saturated carbocycles. The van der Waals surface area contributed by atoms with Crippen molar-refractivity contribution < 1.29 is 0 Å². The van der Waals surface area contributed by atoms with Gasteiger partial charge in [0.25, 0.3) is 0 Å². The molecule has 0 amide bonds. The van der Waals surface area contributed by atoms with E-state index in [4.69, 9.17) is 5.73 Å². The van der Waals surface area contributed by atoms with E-state index < -0.39 is 0 Å². The molecule has 18 heavy (non-hydrogen) atoms. The fourth-order valence-corrected chi connectivity index (χ4v) is 2.24. The number of hydrogen-bond donors (Lipinski definition) is 1. The SMILES string of the molecule is CN(C)/N=C1/N=C(N)c2cccc3cccc1c23. The highest BCUT2D eigenvalue weighted by atomic mass is 15.4. The molecule has 0 atom stereocenters. The summed E-state index contributed by atoms with van der Waals surface area (Å²) in [6, 6.07) is 12.2. The number of benzene rings is 2. The van der Waals surface area contributed by atoms with Crippen LogP contribution in [0.4, 0.5) is 0 Å². The molecule has 1 aliphatic rings. The van der Waals surface area contributed by atoms with E-state index >= 15 is 0 Å². The molecule has 2 N–H and O–H groups in total. The van der Waals surface area contributed by atoms with E-state index in [0.29, 0.717) is 11.7 Å². The van der Waals surface area contributed by atoms with Gasteiger partial charge in [-0.1, -0.05) is 36.4 Å². The minimum Gasteiger partial charge on any atom is -0.383 e. The van der Waals surface area contributed by atoms with E-state index in [9.17, 15) is 0 Å². The quantitative estimate of drug-likeness (QED) is 0.770. The Morgan fingerprint density at radius 2 is 1.72 bits per heavy atom. The number of aliphatic imine (C=N–C) groups is 1. The molecule has 90 valence electrons. The predicted octanol–water partition coefficient (Wildman–Crippen LogP) is 1.78. The van der Waals surface area contributed by atoms with Crippen molar-refractivity contribution in [1.82, 2.24) is 5.01 Å². The molecule has 4 nitrogen and oxygen atoms in total. The van der Waals surface area contributed by atoms with Crippen LogP contribution < -0.4 is 5.73 Å². The lowest BCUT2D eigenvalue weighted by molar-refractivity contribution is 0.437. The number of hydrazone groups is 1. The zero-order valence-corrected chi connectivity index (χ0v) is 10.4. The van der Waals surface area contributed by atoms with Gasteiger partial charge in [0.1, 0.15) is 5.84 Å². The van der Waals surface area contributed by atoms with Gasteiger partial charge in [-0.25, -0.2) is 4.99 Å². The lowest BCUT2D eigenvalue weighted by Gasteiger charge is -2.17. The van der Waals surface area contributed by atoms with Gasteiger partial charge in [0.2, 0.25) is 0 Å². The Bertz CT molecular complexity index is 678. The number of rotatable bonds is 1. The summed E-state index contributed by atoms with van der Waals surface area (Å²) in [6.07, 6.45) is 0. The van der Waals surface area contributed by atoms with E-state index in [-0.39, 0.29) is 0 Å². The molecular formula is C14H14N4. The molecule has 0 unspecified atom stereocenters. The number of amidine groups is 2. The van der Waals surface area contributed by atoms with E-state index in [1.165, 1.54) is 0 Å². The Kier molecular flexibility index (Phi) is 2.30. The summed E-state index contributed by atoms with van der Waals surface area (Å²) in [5, 5.41) is 8.42. The molecule has 2 aromatic carbocycles. The highest BCUT2D eigenvalue weighted by Crippen LogP contribution is 2.27. The minimum atomic E-state index is 0.528.